The van der Waals surface area contributed by atoms with Crippen molar-refractivity contribution in [2.24, 2.45) is 0 Å². The van der Waals surface area contributed by atoms with E-state index in [9.17, 15) is 9.59 Å². The molecule has 1 aliphatic heterocycles. The van der Waals surface area contributed by atoms with E-state index in [1.807, 2.05) is 54.6 Å². The summed E-state index contributed by atoms with van der Waals surface area (Å²) in [6.07, 6.45) is 5.86. The number of benzene rings is 2. The lowest BCUT2D eigenvalue weighted by atomic mass is 9.98. The average Bonchev–Trinajstić information content (AvgIpc) is 2.63. The first-order valence-electron chi connectivity index (χ1n) is 8.01. The SMILES string of the molecule is O=C[C@@H]1CC=CCCOc2cccc(c2)-c2ccccc2C(=O)N1. The normalized spacial score (nSPS) is 17.8. The third-order valence-electron chi connectivity index (χ3n) is 3.91. The molecule has 1 N–H and O–H groups in total. The summed E-state index contributed by atoms with van der Waals surface area (Å²) >= 11 is 0. The molecule has 0 saturated carbocycles. The third kappa shape index (κ3) is 3.71. The van der Waals surface area contributed by atoms with Crippen LogP contribution in [0.5, 0.6) is 5.75 Å². The summed E-state index contributed by atoms with van der Waals surface area (Å²) < 4.78 is 5.76. The Bertz CT molecular complexity index is 767. The lowest BCUT2D eigenvalue weighted by Gasteiger charge is -2.15. The molecule has 0 aromatic heterocycles. The molecule has 3 rings (SSSR count). The first-order chi connectivity index (χ1) is 11.8. The van der Waals surface area contributed by atoms with Crippen LogP contribution >= 0.6 is 0 Å². The second-order valence-corrected chi connectivity index (χ2v) is 5.63. The van der Waals surface area contributed by atoms with Crippen LogP contribution in [-0.2, 0) is 4.79 Å². The molecule has 0 spiro atoms. The van der Waals surface area contributed by atoms with Gasteiger partial charge >= 0.3 is 0 Å². The summed E-state index contributed by atoms with van der Waals surface area (Å²) in [6.45, 7) is 0.569. The van der Waals surface area contributed by atoms with Gasteiger partial charge in [-0.2, -0.15) is 0 Å². The molecular formula is C20H19NO3. The molecule has 24 heavy (non-hydrogen) atoms. The number of aldehydes is 1. The van der Waals surface area contributed by atoms with Crippen molar-refractivity contribution in [2.75, 3.05) is 6.61 Å². The van der Waals surface area contributed by atoms with Crippen LogP contribution in [0.3, 0.4) is 0 Å². The number of fused-ring (bicyclic) bond motifs is 4. The maximum absolute atomic E-state index is 12.6. The van der Waals surface area contributed by atoms with Crippen molar-refractivity contribution in [1.29, 1.82) is 0 Å². The molecule has 0 unspecified atom stereocenters. The molecule has 1 aliphatic rings. The first-order valence-corrected chi connectivity index (χ1v) is 8.01. The van der Waals surface area contributed by atoms with E-state index in [1.165, 1.54) is 0 Å². The van der Waals surface area contributed by atoms with Gasteiger partial charge < -0.3 is 14.8 Å². The highest BCUT2D eigenvalue weighted by molar-refractivity contribution is 6.01. The number of rotatable bonds is 1. The monoisotopic (exact) mass is 321 g/mol. The standard InChI is InChI=1S/C20H19NO3/c22-14-16-8-2-1-5-12-24-17-9-6-7-15(13-17)18-10-3-4-11-19(18)20(23)21-16/h1-4,6-7,9-11,13-14,16H,5,8,12H2,(H,21,23)/t16-/m0/s1. The van der Waals surface area contributed by atoms with Gasteiger partial charge in [0.25, 0.3) is 5.91 Å². The van der Waals surface area contributed by atoms with Crippen LogP contribution in [0.4, 0.5) is 0 Å². The van der Waals surface area contributed by atoms with Gasteiger partial charge in [-0.3, -0.25) is 4.79 Å². The minimum Gasteiger partial charge on any atom is -0.493 e. The molecular weight excluding hydrogens is 302 g/mol. The molecule has 1 amide bonds. The second kappa shape index (κ2) is 7.59. The highest BCUT2D eigenvalue weighted by Crippen LogP contribution is 2.27. The fraction of sp³-hybridized carbons (Fsp3) is 0.200. The van der Waals surface area contributed by atoms with E-state index in [0.717, 1.165) is 29.6 Å². The molecule has 2 aromatic rings. The van der Waals surface area contributed by atoms with Crippen molar-refractivity contribution >= 4 is 12.2 Å². The summed E-state index contributed by atoms with van der Waals surface area (Å²) in [7, 11) is 0. The minimum absolute atomic E-state index is 0.250. The highest BCUT2D eigenvalue weighted by Gasteiger charge is 2.16. The van der Waals surface area contributed by atoms with Crippen molar-refractivity contribution in [1.82, 2.24) is 5.32 Å². The number of hydrogen-bond donors (Lipinski definition) is 1. The van der Waals surface area contributed by atoms with E-state index < -0.39 is 6.04 Å². The number of nitrogens with one attached hydrogen (secondary N) is 1. The van der Waals surface area contributed by atoms with Crippen molar-refractivity contribution in [2.45, 2.75) is 18.9 Å². The predicted octanol–water partition coefficient (Wildman–Crippen LogP) is 3.38. The number of hydrogen-bond acceptors (Lipinski definition) is 3. The summed E-state index contributed by atoms with van der Waals surface area (Å²) in [5, 5.41) is 2.80. The molecule has 0 fully saturated rings. The Morgan fingerprint density at radius 1 is 1.04 bits per heavy atom. The van der Waals surface area contributed by atoms with Gasteiger partial charge in [-0.05, 0) is 42.2 Å². The molecule has 2 aromatic carbocycles. The summed E-state index contributed by atoms with van der Waals surface area (Å²) in [5.41, 5.74) is 2.27. The van der Waals surface area contributed by atoms with Crippen molar-refractivity contribution in [3.63, 3.8) is 0 Å². The Morgan fingerprint density at radius 2 is 1.88 bits per heavy atom. The van der Waals surface area contributed by atoms with E-state index in [1.54, 1.807) is 6.07 Å². The van der Waals surface area contributed by atoms with Gasteiger partial charge in [0.05, 0.1) is 12.6 Å². The zero-order valence-corrected chi connectivity index (χ0v) is 13.3. The predicted molar refractivity (Wildman–Crippen MR) is 93.1 cm³/mol. The maximum Gasteiger partial charge on any atom is 0.252 e. The Kier molecular flexibility index (Phi) is 5.06. The Hall–Kier alpha value is -2.88. The summed E-state index contributed by atoms with van der Waals surface area (Å²) in [6, 6.07) is 14.5. The lowest BCUT2D eigenvalue weighted by molar-refractivity contribution is -0.109. The van der Waals surface area contributed by atoms with Crippen molar-refractivity contribution < 1.29 is 14.3 Å². The summed E-state index contributed by atoms with van der Waals surface area (Å²) in [4.78, 5) is 23.8. The topological polar surface area (TPSA) is 55.4 Å². The molecule has 4 nitrogen and oxygen atoms in total. The smallest absolute Gasteiger partial charge is 0.252 e. The lowest BCUT2D eigenvalue weighted by Crippen LogP contribution is -2.35. The van der Waals surface area contributed by atoms with Gasteiger partial charge in [-0.15, -0.1) is 0 Å². The highest BCUT2D eigenvalue weighted by atomic mass is 16.5. The Labute approximate surface area is 141 Å². The van der Waals surface area contributed by atoms with Gasteiger partial charge in [0.1, 0.15) is 12.0 Å². The van der Waals surface area contributed by atoms with Crippen LogP contribution in [0.2, 0.25) is 0 Å². The molecule has 2 bridgehead atoms. The van der Waals surface area contributed by atoms with Crippen molar-refractivity contribution in [3.8, 4) is 16.9 Å². The van der Waals surface area contributed by atoms with E-state index >= 15 is 0 Å². The van der Waals surface area contributed by atoms with Crippen LogP contribution in [-0.4, -0.2) is 24.8 Å². The van der Waals surface area contributed by atoms with Gasteiger partial charge in [-0.1, -0.05) is 42.5 Å². The van der Waals surface area contributed by atoms with Crippen LogP contribution in [0, 0.1) is 0 Å². The Balaban J connectivity index is 2.03. The van der Waals surface area contributed by atoms with E-state index in [0.29, 0.717) is 18.6 Å². The fourth-order valence-electron chi connectivity index (χ4n) is 2.69. The van der Waals surface area contributed by atoms with E-state index in [-0.39, 0.29) is 5.91 Å². The first kappa shape index (κ1) is 16.0. The molecule has 122 valence electrons. The molecule has 4 heteroatoms. The Morgan fingerprint density at radius 3 is 2.71 bits per heavy atom. The van der Waals surface area contributed by atoms with Gasteiger partial charge in [0.15, 0.2) is 0 Å². The third-order valence-corrected chi connectivity index (χ3v) is 3.91. The largest absolute Gasteiger partial charge is 0.493 e. The van der Waals surface area contributed by atoms with Gasteiger partial charge in [-0.25, -0.2) is 0 Å². The molecule has 0 radical (unpaired) electrons. The maximum atomic E-state index is 12.6. The quantitative estimate of drug-likeness (QED) is 0.647. The van der Waals surface area contributed by atoms with Crippen LogP contribution in [0.25, 0.3) is 11.1 Å². The van der Waals surface area contributed by atoms with Gasteiger partial charge in [0, 0.05) is 5.56 Å². The van der Waals surface area contributed by atoms with Crippen LogP contribution in [0.1, 0.15) is 23.2 Å². The number of ether oxygens (including phenoxy) is 1. The number of amides is 1. The zero-order chi connectivity index (χ0) is 16.8. The summed E-state index contributed by atoms with van der Waals surface area (Å²) in [5.74, 6) is 0.526. The van der Waals surface area contributed by atoms with Crippen molar-refractivity contribution in [3.05, 3.63) is 66.2 Å². The molecule has 1 heterocycles. The molecule has 0 aliphatic carbocycles. The van der Waals surface area contributed by atoms with Crippen LogP contribution in [0.15, 0.2) is 60.7 Å². The molecule has 1 atom stereocenters. The minimum atomic E-state index is -0.531. The van der Waals surface area contributed by atoms with Crippen LogP contribution < -0.4 is 10.1 Å². The fourth-order valence-corrected chi connectivity index (χ4v) is 2.69. The zero-order valence-electron chi connectivity index (χ0n) is 13.3. The number of carbonyl (C=O) groups is 2. The van der Waals surface area contributed by atoms with Gasteiger partial charge in [0.2, 0.25) is 0 Å². The molecule has 0 saturated heterocycles. The van der Waals surface area contributed by atoms with E-state index in [4.69, 9.17) is 4.74 Å². The van der Waals surface area contributed by atoms with E-state index in [2.05, 4.69) is 5.32 Å². The average molecular weight is 321 g/mol. The number of carbonyl (C=O) groups excluding carboxylic acids is 2. The second-order valence-electron chi connectivity index (χ2n) is 5.63.